The summed E-state index contributed by atoms with van der Waals surface area (Å²) in [7, 11) is 1.19. The highest BCUT2D eigenvalue weighted by atomic mass is 31.2. The van der Waals surface area contributed by atoms with E-state index in [0.717, 1.165) is 77.0 Å². The lowest BCUT2D eigenvalue weighted by atomic mass is 10.0. The molecule has 584 valence electrons. The van der Waals surface area contributed by atoms with Gasteiger partial charge in [0.2, 0.25) is 0 Å². The molecule has 9 nitrogen and oxygen atoms in total. The first kappa shape index (κ1) is 97.2. The van der Waals surface area contributed by atoms with Crippen LogP contribution < -0.4 is 4.89 Å². The van der Waals surface area contributed by atoms with Gasteiger partial charge in [-0.2, -0.15) is 0 Å². The molecule has 0 rings (SSSR count). The number of nitrogens with zero attached hydrogens (tertiary/aromatic N) is 1. The molecule has 0 aliphatic carbocycles. The lowest BCUT2D eigenvalue weighted by Crippen LogP contribution is -2.37. The molecule has 0 bridgehead atoms. The van der Waals surface area contributed by atoms with Crippen molar-refractivity contribution in [1.29, 1.82) is 0 Å². The molecule has 0 spiro atoms. The number of rotatable bonds is 81. The maximum Gasteiger partial charge on any atom is 0.306 e. The number of phosphoric ester groups is 1. The van der Waals surface area contributed by atoms with Crippen molar-refractivity contribution in [2.75, 3.05) is 47.5 Å². The number of unbranched alkanes of at least 4 members (excludes halogenated alkanes) is 53. The first-order chi connectivity index (χ1) is 49.0. The normalized spacial score (nSPS) is 13.4. The summed E-state index contributed by atoms with van der Waals surface area (Å²) in [5.74, 6) is -0.811. The van der Waals surface area contributed by atoms with E-state index in [9.17, 15) is 19.0 Å². The Bertz CT molecular complexity index is 1970. The molecule has 0 aromatic carbocycles. The molecule has 0 amide bonds. The third-order valence-electron chi connectivity index (χ3n) is 19.4. The molecular weight excluding hydrogens is 1250 g/mol. The summed E-state index contributed by atoms with van der Waals surface area (Å²) < 4.78 is 34.5. The Balaban J connectivity index is 3.88. The van der Waals surface area contributed by atoms with E-state index in [1.54, 1.807) is 0 Å². The average Bonchev–Trinajstić information content (AvgIpc) is 1.07. The summed E-state index contributed by atoms with van der Waals surface area (Å²) in [6, 6.07) is 0. The third kappa shape index (κ3) is 84.1. The second-order valence-electron chi connectivity index (χ2n) is 30.5. The van der Waals surface area contributed by atoms with E-state index in [1.807, 2.05) is 21.1 Å². The van der Waals surface area contributed by atoms with Gasteiger partial charge >= 0.3 is 11.9 Å². The summed E-state index contributed by atoms with van der Waals surface area (Å²) in [6.07, 6.45) is 112. The fraction of sp³-hybridized carbons (Fsp3) is 0.822. The number of carbonyl (C=O) groups excluding carboxylic acids is 2. The Labute approximate surface area is 621 Å². The van der Waals surface area contributed by atoms with Crippen LogP contribution in [0.3, 0.4) is 0 Å². The van der Waals surface area contributed by atoms with E-state index in [4.69, 9.17) is 18.5 Å². The highest BCUT2D eigenvalue weighted by Crippen LogP contribution is 2.38. The third-order valence-corrected chi connectivity index (χ3v) is 20.4. The predicted octanol–water partition coefficient (Wildman–Crippen LogP) is 28.5. The molecule has 0 N–H and O–H groups in total. The summed E-state index contributed by atoms with van der Waals surface area (Å²) in [5.41, 5.74) is 0. The molecular formula is C90H166NO8P. The van der Waals surface area contributed by atoms with Gasteiger partial charge in [-0.3, -0.25) is 14.2 Å². The van der Waals surface area contributed by atoms with Crippen LogP contribution in [0.4, 0.5) is 0 Å². The topological polar surface area (TPSA) is 111 Å². The van der Waals surface area contributed by atoms with Crippen LogP contribution >= 0.6 is 7.82 Å². The van der Waals surface area contributed by atoms with Crippen molar-refractivity contribution in [3.05, 3.63) is 85.1 Å². The van der Waals surface area contributed by atoms with E-state index >= 15 is 0 Å². The number of hydrogen-bond acceptors (Lipinski definition) is 8. The number of allylic oxidation sites excluding steroid dienone is 14. The van der Waals surface area contributed by atoms with Crippen LogP contribution in [0.1, 0.15) is 425 Å². The van der Waals surface area contributed by atoms with E-state index in [-0.39, 0.29) is 32.0 Å². The Kier molecular flexibility index (Phi) is 78.0. The van der Waals surface area contributed by atoms with Crippen LogP contribution in [-0.4, -0.2) is 70.0 Å². The Morgan fingerprint density at radius 2 is 0.570 bits per heavy atom. The van der Waals surface area contributed by atoms with Crippen LogP contribution in [0.5, 0.6) is 0 Å². The highest BCUT2D eigenvalue weighted by Gasteiger charge is 2.22. The predicted molar refractivity (Wildman–Crippen MR) is 434 cm³/mol. The monoisotopic (exact) mass is 1420 g/mol. The first-order valence-corrected chi connectivity index (χ1v) is 44.8. The SMILES string of the molecule is CC/C=C\C/C=C\C/C=C\C/C=C\C/C=C\C/C=C\CCCCCCCCCCCCCCCCCCCCCCC(=O)OC(COC(=O)CCCCCCCCCCCCCCCCCCCCCCCCCCC/C=C\CCCCCCCCCC)COP(=O)([O-])OCC[N+](C)(C)C. The smallest absolute Gasteiger partial charge is 0.306 e. The van der Waals surface area contributed by atoms with Crippen LogP contribution in [0.2, 0.25) is 0 Å². The van der Waals surface area contributed by atoms with Crippen molar-refractivity contribution in [2.45, 2.75) is 431 Å². The van der Waals surface area contributed by atoms with Gasteiger partial charge in [-0.15, -0.1) is 0 Å². The van der Waals surface area contributed by atoms with Crippen molar-refractivity contribution in [3.8, 4) is 0 Å². The minimum Gasteiger partial charge on any atom is -0.756 e. The van der Waals surface area contributed by atoms with E-state index in [2.05, 4.69) is 98.9 Å². The number of esters is 2. The molecule has 2 unspecified atom stereocenters. The number of phosphoric acid groups is 1. The quantitative estimate of drug-likeness (QED) is 0.0195. The zero-order valence-corrected chi connectivity index (χ0v) is 67.8. The summed E-state index contributed by atoms with van der Waals surface area (Å²) in [6.45, 7) is 4.19. The molecule has 100 heavy (non-hydrogen) atoms. The van der Waals surface area contributed by atoms with Crippen LogP contribution in [0.25, 0.3) is 0 Å². The van der Waals surface area contributed by atoms with Crippen molar-refractivity contribution >= 4 is 19.8 Å². The number of carbonyl (C=O) groups is 2. The van der Waals surface area contributed by atoms with Crippen molar-refractivity contribution in [1.82, 2.24) is 0 Å². The Hall–Kier alpha value is -2.81. The highest BCUT2D eigenvalue weighted by molar-refractivity contribution is 7.45. The van der Waals surface area contributed by atoms with E-state index < -0.39 is 26.5 Å². The van der Waals surface area contributed by atoms with Gasteiger partial charge in [0, 0.05) is 12.8 Å². The maximum absolute atomic E-state index is 12.9. The molecule has 0 saturated heterocycles. The number of ether oxygens (including phenoxy) is 2. The molecule has 0 fully saturated rings. The Morgan fingerprint density at radius 1 is 0.320 bits per heavy atom. The van der Waals surface area contributed by atoms with Gasteiger partial charge in [0.05, 0.1) is 27.7 Å². The van der Waals surface area contributed by atoms with Gasteiger partial charge in [0.15, 0.2) is 6.10 Å². The average molecular weight is 1420 g/mol. The standard InChI is InChI=1S/C90H166NO8P/c1-6-8-10-12-14-16-18-20-22-24-26-28-30-32-34-36-38-40-42-44-45-47-49-51-53-55-57-59-61-63-65-67-69-71-73-75-77-79-81-83-90(93)99-88(87-98-100(94,95)97-85-84-91(3,4)5)86-96-89(92)82-80-78-76-74-72-70-68-66-64-62-60-58-56-54-52-50-48-46-43-41-39-37-35-33-31-29-27-25-23-21-19-17-15-13-11-9-7-2/h8,10,14,16,20,22,25-28,32,34,38,40,88H,6-7,9,11-13,15,17-19,21,23-24,29-31,33,35-37,39,41-87H2,1-5H3/b10-8-,16-14-,22-20-,27-25-,28-26-,34-32-,40-38-. The minimum atomic E-state index is -4.65. The van der Waals surface area contributed by atoms with Gasteiger partial charge in [-0.1, -0.05) is 407 Å². The van der Waals surface area contributed by atoms with Gasteiger partial charge in [0.1, 0.15) is 19.8 Å². The van der Waals surface area contributed by atoms with Gasteiger partial charge < -0.3 is 27.9 Å². The largest absolute Gasteiger partial charge is 0.756 e. The molecule has 0 heterocycles. The summed E-state index contributed by atoms with van der Waals surface area (Å²) in [4.78, 5) is 38.2. The van der Waals surface area contributed by atoms with Crippen LogP contribution in [-0.2, 0) is 32.7 Å². The van der Waals surface area contributed by atoms with Gasteiger partial charge in [-0.25, -0.2) is 0 Å². The second-order valence-corrected chi connectivity index (χ2v) is 31.9. The lowest BCUT2D eigenvalue weighted by molar-refractivity contribution is -0.870. The second kappa shape index (κ2) is 80.3. The van der Waals surface area contributed by atoms with Crippen LogP contribution in [0.15, 0.2) is 85.1 Å². The molecule has 0 aromatic heterocycles. The zero-order chi connectivity index (χ0) is 72.5. The summed E-state index contributed by atoms with van der Waals surface area (Å²) >= 11 is 0. The lowest BCUT2D eigenvalue weighted by Gasteiger charge is -2.28. The van der Waals surface area contributed by atoms with Crippen LogP contribution in [0, 0.1) is 0 Å². The summed E-state index contributed by atoms with van der Waals surface area (Å²) in [5, 5.41) is 0. The fourth-order valence-electron chi connectivity index (χ4n) is 12.8. The fourth-order valence-corrected chi connectivity index (χ4v) is 13.6. The maximum atomic E-state index is 12.9. The number of likely N-dealkylation sites (N-methyl/N-ethyl adjacent to an activating group) is 1. The Morgan fingerprint density at radius 3 is 0.860 bits per heavy atom. The van der Waals surface area contributed by atoms with Crippen molar-refractivity contribution in [2.24, 2.45) is 0 Å². The van der Waals surface area contributed by atoms with Crippen molar-refractivity contribution in [3.63, 3.8) is 0 Å². The molecule has 0 radical (unpaired) electrons. The van der Waals surface area contributed by atoms with Gasteiger partial charge in [-0.05, 0) is 89.9 Å². The first-order valence-electron chi connectivity index (χ1n) is 43.3. The zero-order valence-electron chi connectivity index (χ0n) is 66.9. The molecule has 0 saturated carbocycles. The van der Waals surface area contributed by atoms with E-state index in [1.165, 1.54) is 315 Å². The molecule has 0 aliphatic rings. The number of hydrogen-bond donors (Lipinski definition) is 0. The van der Waals surface area contributed by atoms with E-state index in [0.29, 0.717) is 17.4 Å². The minimum absolute atomic E-state index is 0.0294. The van der Waals surface area contributed by atoms with Crippen molar-refractivity contribution < 1.29 is 42.1 Å². The molecule has 10 heteroatoms. The molecule has 2 atom stereocenters. The van der Waals surface area contributed by atoms with Gasteiger partial charge in [0.25, 0.3) is 7.82 Å². The molecule has 0 aromatic rings. The number of quaternary nitrogens is 1. The molecule has 0 aliphatic heterocycles.